The zero-order chi connectivity index (χ0) is 6.57. The van der Waals surface area contributed by atoms with Crippen molar-refractivity contribution in [2.45, 2.75) is 6.23 Å². The molecule has 1 N–H and O–H groups in total. The first-order chi connectivity index (χ1) is 3.68. The summed E-state index contributed by atoms with van der Waals surface area (Å²) < 4.78 is 4.67. The molecule has 3 nitrogen and oxygen atoms in total. The lowest BCUT2D eigenvalue weighted by Gasteiger charge is -2.16. The molecule has 0 rings (SSSR count). The molecule has 0 aliphatic carbocycles. The summed E-state index contributed by atoms with van der Waals surface area (Å²) in [5, 5.41) is 8.93. The van der Waals surface area contributed by atoms with Crippen molar-refractivity contribution in [1.29, 1.82) is 0 Å². The smallest absolute Gasteiger partial charge is 0.130 e. The van der Waals surface area contributed by atoms with Gasteiger partial charge in [-0.3, -0.25) is 4.90 Å². The molecule has 0 spiro atoms. The highest BCUT2D eigenvalue weighted by atomic mass is 16.5. The van der Waals surface area contributed by atoms with Crippen molar-refractivity contribution >= 4 is 0 Å². The molecule has 0 saturated heterocycles. The van der Waals surface area contributed by atoms with Gasteiger partial charge in [0.1, 0.15) is 6.23 Å². The topological polar surface area (TPSA) is 32.7 Å². The van der Waals surface area contributed by atoms with Gasteiger partial charge in [0.25, 0.3) is 0 Å². The van der Waals surface area contributed by atoms with Crippen LogP contribution in [0.2, 0.25) is 0 Å². The number of nitrogens with zero attached hydrogens (tertiary/aromatic N) is 1. The molecule has 0 saturated carbocycles. The molecule has 0 aromatic rings. The molecule has 0 aromatic carbocycles. The SMILES string of the molecule is COCC(O)N(C)C. The van der Waals surface area contributed by atoms with E-state index in [-0.39, 0.29) is 0 Å². The Balaban J connectivity index is 3.17. The standard InChI is InChI=1S/C5H13NO2/c1-6(2)5(7)4-8-3/h5,7H,4H2,1-3H3. The van der Waals surface area contributed by atoms with Crippen LogP contribution in [0.1, 0.15) is 0 Å². The van der Waals surface area contributed by atoms with Crippen molar-refractivity contribution in [3.8, 4) is 0 Å². The van der Waals surface area contributed by atoms with Crippen LogP contribution >= 0.6 is 0 Å². The second-order valence-corrected chi connectivity index (χ2v) is 1.90. The molecule has 0 radical (unpaired) electrons. The highest BCUT2D eigenvalue weighted by Crippen LogP contribution is 1.85. The molecule has 0 aromatic heterocycles. The highest BCUT2D eigenvalue weighted by Gasteiger charge is 2.02. The molecule has 1 atom stereocenters. The van der Waals surface area contributed by atoms with Crippen molar-refractivity contribution in [3.05, 3.63) is 0 Å². The van der Waals surface area contributed by atoms with Crippen LogP contribution in [-0.4, -0.2) is 44.0 Å². The minimum atomic E-state index is -0.472. The van der Waals surface area contributed by atoms with E-state index in [9.17, 15) is 0 Å². The molecule has 0 bridgehead atoms. The third-order valence-corrected chi connectivity index (χ3v) is 0.912. The minimum Gasteiger partial charge on any atom is -0.381 e. The van der Waals surface area contributed by atoms with Crippen LogP contribution < -0.4 is 0 Å². The molecule has 0 amide bonds. The molecule has 0 fully saturated rings. The fraction of sp³-hybridized carbons (Fsp3) is 1.00. The van der Waals surface area contributed by atoms with Crippen molar-refractivity contribution in [2.24, 2.45) is 0 Å². The predicted molar refractivity (Wildman–Crippen MR) is 31.6 cm³/mol. The largest absolute Gasteiger partial charge is 0.381 e. The summed E-state index contributed by atoms with van der Waals surface area (Å²) in [4.78, 5) is 1.68. The zero-order valence-corrected chi connectivity index (χ0v) is 5.59. The summed E-state index contributed by atoms with van der Waals surface area (Å²) in [6.07, 6.45) is -0.472. The Hall–Kier alpha value is -0.120. The second-order valence-electron chi connectivity index (χ2n) is 1.90. The van der Waals surface area contributed by atoms with Crippen molar-refractivity contribution in [1.82, 2.24) is 4.90 Å². The second kappa shape index (κ2) is 3.83. The fourth-order valence-corrected chi connectivity index (χ4v) is 0.298. The van der Waals surface area contributed by atoms with Crippen LogP contribution in [0.3, 0.4) is 0 Å². The lowest BCUT2D eigenvalue weighted by molar-refractivity contribution is -0.0218. The lowest BCUT2D eigenvalue weighted by Crippen LogP contribution is -2.31. The fourth-order valence-electron chi connectivity index (χ4n) is 0.298. The molecule has 8 heavy (non-hydrogen) atoms. The van der Waals surface area contributed by atoms with E-state index in [4.69, 9.17) is 5.11 Å². The number of aliphatic hydroxyl groups excluding tert-OH is 1. The van der Waals surface area contributed by atoms with E-state index >= 15 is 0 Å². The average molecular weight is 119 g/mol. The van der Waals surface area contributed by atoms with Gasteiger partial charge in [0.2, 0.25) is 0 Å². The van der Waals surface area contributed by atoms with E-state index < -0.39 is 6.23 Å². The van der Waals surface area contributed by atoms with Crippen molar-refractivity contribution in [2.75, 3.05) is 27.8 Å². The van der Waals surface area contributed by atoms with E-state index in [2.05, 4.69) is 4.74 Å². The van der Waals surface area contributed by atoms with Gasteiger partial charge in [-0.15, -0.1) is 0 Å². The number of aliphatic hydroxyl groups is 1. The number of hydrogen-bond donors (Lipinski definition) is 1. The first-order valence-electron chi connectivity index (χ1n) is 2.52. The maximum Gasteiger partial charge on any atom is 0.130 e. The maximum atomic E-state index is 8.93. The highest BCUT2D eigenvalue weighted by molar-refractivity contribution is 4.45. The number of hydrogen-bond acceptors (Lipinski definition) is 3. The third kappa shape index (κ3) is 2.96. The van der Waals surface area contributed by atoms with Crippen molar-refractivity contribution in [3.63, 3.8) is 0 Å². The van der Waals surface area contributed by atoms with Gasteiger partial charge in [0.05, 0.1) is 6.61 Å². The summed E-state index contributed by atoms with van der Waals surface area (Å²) in [6.45, 7) is 0.368. The van der Waals surface area contributed by atoms with E-state index in [0.29, 0.717) is 6.61 Å². The normalized spacial score (nSPS) is 14.6. The summed E-state index contributed by atoms with van der Waals surface area (Å²) in [6, 6.07) is 0. The minimum absolute atomic E-state index is 0.368. The number of ether oxygens (including phenoxy) is 1. The van der Waals surface area contributed by atoms with E-state index in [0.717, 1.165) is 0 Å². The van der Waals surface area contributed by atoms with E-state index in [1.165, 1.54) is 0 Å². The maximum absolute atomic E-state index is 8.93. The first-order valence-corrected chi connectivity index (χ1v) is 2.52. The van der Waals surface area contributed by atoms with E-state index in [1.807, 2.05) is 0 Å². The van der Waals surface area contributed by atoms with Crippen LogP contribution in [0.5, 0.6) is 0 Å². The molecule has 0 aliphatic heterocycles. The van der Waals surface area contributed by atoms with Gasteiger partial charge < -0.3 is 9.84 Å². The van der Waals surface area contributed by atoms with Gasteiger partial charge in [-0.25, -0.2) is 0 Å². The molecular formula is C5H13NO2. The Morgan fingerprint density at radius 2 is 2.12 bits per heavy atom. The third-order valence-electron chi connectivity index (χ3n) is 0.912. The molecule has 3 heteroatoms. The number of methoxy groups -OCH3 is 1. The molecule has 50 valence electrons. The average Bonchev–Trinajstić information content (AvgIpc) is 1.67. The lowest BCUT2D eigenvalue weighted by atomic mass is 10.6. The van der Waals surface area contributed by atoms with Crippen LogP contribution in [0, 0.1) is 0 Å². The van der Waals surface area contributed by atoms with Crippen LogP contribution in [0.15, 0.2) is 0 Å². The Bertz CT molecular complexity index is 56.4. The quantitative estimate of drug-likeness (QED) is 0.509. The van der Waals surface area contributed by atoms with Crippen molar-refractivity contribution < 1.29 is 9.84 Å². The summed E-state index contributed by atoms with van der Waals surface area (Å²) in [5.74, 6) is 0. The Morgan fingerprint density at radius 3 is 2.25 bits per heavy atom. The van der Waals surface area contributed by atoms with Gasteiger partial charge in [0.15, 0.2) is 0 Å². The summed E-state index contributed by atoms with van der Waals surface area (Å²) in [5.41, 5.74) is 0. The van der Waals surface area contributed by atoms with Crippen LogP contribution in [-0.2, 0) is 4.74 Å². The molecule has 0 heterocycles. The van der Waals surface area contributed by atoms with Gasteiger partial charge in [-0.2, -0.15) is 0 Å². The molecule has 1 unspecified atom stereocenters. The first kappa shape index (κ1) is 7.88. The number of rotatable bonds is 3. The summed E-state index contributed by atoms with van der Waals surface area (Å²) in [7, 11) is 5.15. The summed E-state index contributed by atoms with van der Waals surface area (Å²) >= 11 is 0. The van der Waals surface area contributed by atoms with Gasteiger partial charge in [0, 0.05) is 7.11 Å². The zero-order valence-electron chi connectivity index (χ0n) is 5.59. The molecule has 0 aliphatic rings. The van der Waals surface area contributed by atoms with Gasteiger partial charge >= 0.3 is 0 Å². The van der Waals surface area contributed by atoms with Crippen LogP contribution in [0.25, 0.3) is 0 Å². The number of likely N-dealkylation sites (N-methyl/N-ethyl adjacent to an activating group) is 1. The Labute approximate surface area is 49.9 Å². The Morgan fingerprint density at radius 1 is 1.62 bits per heavy atom. The van der Waals surface area contributed by atoms with Gasteiger partial charge in [-0.05, 0) is 14.1 Å². The van der Waals surface area contributed by atoms with Crippen LogP contribution in [0.4, 0.5) is 0 Å². The van der Waals surface area contributed by atoms with Gasteiger partial charge in [-0.1, -0.05) is 0 Å². The predicted octanol–water partition coefficient (Wildman–Crippen LogP) is -0.487. The molecular weight excluding hydrogens is 106 g/mol. The van der Waals surface area contributed by atoms with E-state index in [1.54, 1.807) is 26.1 Å². The Kier molecular flexibility index (Phi) is 3.77. The monoisotopic (exact) mass is 119 g/mol.